The van der Waals surface area contributed by atoms with Crippen LogP contribution in [0.1, 0.15) is 96.3 Å². The van der Waals surface area contributed by atoms with Crippen molar-refractivity contribution < 1.29 is 9.59 Å². The fourth-order valence-electron chi connectivity index (χ4n) is 4.98. The minimum absolute atomic E-state index is 0.104. The second-order valence-electron chi connectivity index (χ2n) is 8.89. The molecule has 4 nitrogen and oxygen atoms in total. The minimum atomic E-state index is 0.104. The number of allylic oxidation sites excluding steroid dienone is 1. The minimum Gasteiger partial charge on any atom is -0.356 e. The Bertz CT molecular complexity index is 512. The van der Waals surface area contributed by atoms with Crippen LogP contribution < -0.4 is 10.6 Å². The van der Waals surface area contributed by atoms with Crippen LogP contribution >= 0.6 is 0 Å². The standard InChI is InChI=1S/C23H38N2O2/c26-22(24-17-16-18-8-4-3-5-9-18)19-12-14-20(15-13-19)23(27)25-21-10-6-1-2-7-11-21/h8,19-21H,1-7,9-17H2,(H,24,26)(H,25,27). The van der Waals surface area contributed by atoms with Gasteiger partial charge in [-0.2, -0.15) is 0 Å². The first-order chi connectivity index (χ1) is 13.2. The predicted octanol–water partition coefficient (Wildman–Crippen LogP) is 4.64. The van der Waals surface area contributed by atoms with Crippen molar-refractivity contribution >= 4 is 11.8 Å². The van der Waals surface area contributed by atoms with Gasteiger partial charge in [-0.25, -0.2) is 0 Å². The molecule has 2 saturated carbocycles. The third-order valence-corrected chi connectivity index (χ3v) is 6.80. The largest absolute Gasteiger partial charge is 0.356 e. The summed E-state index contributed by atoms with van der Waals surface area (Å²) in [5.41, 5.74) is 1.51. The monoisotopic (exact) mass is 374 g/mol. The molecule has 0 aromatic heterocycles. The van der Waals surface area contributed by atoms with Crippen LogP contribution in [0.5, 0.6) is 0 Å². The molecule has 3 aliphatic rings. The summed E-state index contributed by atoms with van der Waals surface area (Å²) < 4.78 is 0. The van der Waals surface area contributed by atoms with Crippen LogP contribution in [0, 0.1) is 11.8 Å². The molecule has 0 spiro atoms. The first-order valence-corrected chi connectivity index (χ1v) is 11.5. The lowest BCUT2D eigenvalue weighted by molar-refractivity contribution is -0.131. The van der Waals surface area contributed by atoms with Gasteiger partial charge in [0.25, 0.3) is 0 Å². The van der Waals surface area contributed by atoms with E-state index in [4.69, 9.17) is 0 Å². The fourth-order valence-corrected chi connectivity index (χ4v) is 4.98. The van der Waals surface area contributed by atoms with E-state index >= 15 is 0 Å². The van der Waals surface area contributed by atoms with Crippen molar-refractivity contribution in [2.75, 3.05) is 6.54 Å². The van der Waals surface area contributed by atoms with Crippen molar-refractivity contribution in [3.8, 4) is 0 Å². The Kier molecular flexibility index (Phi) is 8.22. The summed E-state index contributed by atoms with van der Waals surface area (Å²) in [6.07, 6.45) is 19.2. The number of carbonyl (C=O) groups is 2. The van der Waals surface area contributed by atoms with Crippen LogP contribution in [0.15, 0.2) is 11.6 Å². The molecular weight excluding hydrogens is 336 g/mol. The Morgan fingerprint density at radius 3 is 2.11 bits per heavy atom. The zero-order chi connectivity index (χ0) is 18.9. The van der Waals surface area contributed by atoms with Crippen molar-refractivity contribution in [3.63, 3.8) is 0 Å². The van der Waals surface area contributed by atoms with Gasteiger partial charge in [0.05, 0.1) is 0 Å². The molecule has 2 amide bonds. The molecular formula is C23H38N2O2. The highest BCUT2D eigenvalue weighted by Crippen LogP contribution is 2.30. The molecule has 0 radical (unpaired) electrons. The van der Waals surface area contributed by atoms with Crippen molar-refractivity contribution in [2.24, 2.45) is 11.8 Å². The number of nitrogens with one attached hydrogen (secondary N) is 2. The number of hydrogen-bond acceptors (Lipinski definition) is 2. The highest BCUT2D eigenvalue weighted by molar-refractivity contribution is 5.81. The van der Waals surface area contributed by atoms with Gasteiger partial charge in [0.2, 0.25) is 11.8 Å². The van der Waals surface area contributed by atoms with E-state index in [1.165, 1.54) is 56.9 Å². The van der Waals surface area contributed by atoms with Crippen molar-refractivity contribution in [1.29, 1.82) is 0 Å². The van der Waals surface area contributed by atoms with Crippen LogP contribution in [0.2, 0.25) is 0 Å². The Hall–Kier alpha value is -1.32. The summed E-state index contributed by atoms with van der Waals surface area (Å²) in [7, 11) is 0. The molecule has 0 unspecified atom stereocenters. The molecule has 0 heterocycles. The van der Waals surface area contributed by atoms with Crippen molar-refractivity contribution in [1.82, 2.24) is 10.6 Å². The third kappa shape index (κ3) is 6.65. The lowest BCUT2D eigenvalue weighted by Gasteiger charge is -2.28. The number of carbonyl (C=O) groups excluding carboxylic acids is 2. The van der Waals surface area contributed by atoms with E-state index < -0.39 is 0 Å². The van der Waals surface area contributed by atoms with Gasteiger partial charge in [-0.3, -0.25) is 9.59 Å². The molecule has 0 aromatic carbocycles. The zero-order valence-corrected chi connectivity index (χ0v) is 16.9. The van der Waals surface area contributed by atoms with E-state index in [2.05, 4.69) is 16.7 Å². The highest BCUT2D eigenvalue weighted by atomic mass is 16.2. The topological polar surface area (TPSA) is 58.2 Å². The molecule has 0 aromatic rings. The maximum atomic E-state index is 12.6. The lowest BCUT2D eigenvalue weighted by atomic mass is 9.81. The lowest BCUT2D eigenvalue weighted by Crippen LogP contribution is -2.41. The van der Waals surface area contributed by atoms with Gasteiger partial charge in [0, 0.05) is 24.4 Å². The van der Waals surface area contributed by atoms with Gasteiger partial charge in [-0.15, -0.1) is 0 Å². The molecule has 0 saturated heterocycles. The van der Waals surface area contributed by atoms with Gasteiger partial charge in [-0.05, 0) is 70.6 Å². The Balaban J connectivity index is 1.33. The van der Waals surface area contributed by atoms with Gasteiger partial charge in [0.1, 0.15) is 0 Å². The van der Waals surface area contributed by atoms with Gasteiger partial charge in [0.15, 0.2) is 0 Å². The molecule has 3 aliphatic carbocycles. The summed E-state index contributed by atoms with van der Waals surface area (Å²) in [5.74, 6) is 0.663. The third-order valence-electron chi connectivity index (χ3n) is 6.80. The first kappa shape index (κ1) is 20.4. The normalized spacial score (nSPS) is 27.3. The van der Waals surface area contributed by atoms with E-state index in [0.717, 1.165) is 51.5 Å². The SMILES string of the molecule is O=C(NCCC1=CCCCC1)C1CCC(C(=O)NC2CCCCCC2)CC1. The van der Waals surface area contributed by atoms with Gasteiger partial charge in [-0.1, -0.05) is 37.3 Å². The Morgan fingerprint density at radius 1 is 0.815 bits per heavy atom. The van der Waals surface area contributed by atoms with Crippen LogP contribution in [0.25, 0.3) is 0 Å². The van der Waals surface area contributed by atoms with Crippen molar-refractivity contribution in [2.45, 2.75) is 102 Å². The van der Waals surface area contributed by atoms with E-state index in [1.54, 1.807) is 0 Å². The van der Waals surface area contributed by atoms with Crippen LogP contribution in [0.3, 0.4) is 0 Å². The second-order valence-corrected chi connectivity index (χ2v) is 8.89. The molecule has 4 heteroatoms. The maximum absolute atomic E-state index is 12.6. The zero-order valence-electron chi connectivity index (χ0n) is 16.9. The van der Waals surface area contributed by atoms with Crippen molar-refractivity contribution in [3.05, 3.63) is 11.6 Å². The predicted molar refractivity (Wildman–Crippen MR) is 109 cm³/mol. The van der Waals surface area contributed by atoms with Gasteiger partial charge >= 0.3 is 0 Å². The molecule has 152 valence electrons. The average Bonchev–Trinajstić information content (AvgIpc) is 2.97. The van der Waals surface area contributed by atoms with E-state index in [1.807, 2.05) is 0 Å². The molecule has 2 fully saturated rings. The van der Waals surface area contributed by atoms with Crippen LogP contribution in [-0.2, 0) is 9.59 Å². The quantitative estimate of drug-likeness (QED) is 0.526. The fraction of sp³-hybridized carbons (Fsp3) is 0.826. The summed E-state index contributed by atoms with van der Waals surface area (Å²) in [6.45, 7) is 0.771. The molecule has 0 bridgehead atoms. The highest BCUT2D eigenvalue weighted by Gasteiger charge is 2.30. The Morgan fingerprint density at radius 2 is 1.48 bits per heavy atom. The number of hydrogen-bond donors (Lipinski definition) is 2. The van der Waals surface area contributed by atoms with E-state index in [9.17, 15) is 9.59 Å². The summed E-state index contributed by atoms with van der Waals surface area (Å²) in [6, 6.07) is 0.384. The molecule has 0 aliphatic heterocycles. The van der Waals surface area contributed by atoms with E-state index in [0.29, 0.717) is 6.04 Å². The molecule has 3 rings (SSSR count). The molecule has 27 heavy (non-hydrogen) atoms. The maximum Gasteiger partial charge on any atom is 0.223 e. The Labute approximate surface area is 164 Å². The average molecular weight is 375 g/mol. The summed E-state index contributed by atoms with van der Waals surface area (Å²) in [4.78, 5) is 25.0. The van der Waals surface area contributed by atoms with E-state index in [-0.39, 0.29) is 23.7 Å². The summed E-state index contributed by atoms with van der Waals surface area (Å²) in [5, 5.41) is 6.43. The summed E-state index contributed by atoms with van der Waals surface area (Å²) >= 11 is 0. The molecule has 2 N–H and O–H groups in total. The first-order valence-electron chi connectivity index (χ1n) is 11.5. The second kappa shape index (κ2) is 10.9. The van der Waals surface area contributed by atoms with Crippen LogP contribution in [0.4, 0.5) is 0 Å². The van der Waals surface area contributed by atoms with Crippen LogP contribution in [-0.4, -0.2) is 24.4 Å². The molecule has 0 atom stereocenters. The number of rotatable bonds is 6. The smallest absolute Gasteiger partial charge is 0.223 e. The van der Waals surface area contributed by atoms with Gasteiger partial charge < -0.3 is 10.6 Å². The number of amides is 2.